The van der Waals surface area contributed by atoms with Crippen LogP contribution in [-0.4, -0.2) is 15.0 Å². The minimum Gasteiger partial charge on any atom is -0.456 e. The molecule has 0 saturated carbocycles. The molecule has 0 aliphatic heterocycles. The van der Waals surface area contributed by atoms with E-state index in [-0.39, 0.29) is 0 Å². The van der Waals surface area contributed by atoms with Crippen LogP contribution >= 0.6 is 0 Å². The van der Waals surface area contributed by atoms with E-state index in [1.807, 2.05) is 66.7 Å². The van der Waals surface area contributed by atoms with Crippen molar-refractivity contribution < 1.29 is 13.3 Å². The van der Waals surface area contributed by atoms with Gasteiger partial charge in [-0.15, -0.1) is 0 Å². The standard InChI is InChI=1S/C64H35N3O3/c1-6-23-49-39(14-1)40-15-2-7-24-50(40)64(49)51-25-8-3-16-41(51)44-20-11-19-38(60(44)64)36-31-33-54-48(34-36)59-47(22-13-29-56(59)69-54)63-66-61(37-30-32-43-42-17-4-9-26-52(42)70-57(43)35-37)65-62(67-63)46-21-12-28-55-58(46)45-18-5-10-27-53(45)68-55/h1-35H. The summed E-state index contributed by atoms with van der Waals surface area (Å²) in [4.78, 5) is 16.0. The largest absolute Gasteiger partial charge is 0.456 e. The minimum absolute atomic E-state index is 0.499. The van der Waals surface area contributed by atoms with E-state index in [0.717, 1.165) is 88.1 Å². The molecule has 324 valence electrons. The van der Waals surface area contributed by atoms with E-state index in [4.69, 9.17) is 28.2 Å². The van der Waals surface area contributed by atoms with Crippen LogP contribution < -0.4 is 0 Å². The number of benzene rings is 10. The fourth-order valence-corrected chi connectivity index (χ4v) is 12.1. The van der Waals surface area contributed by atoms with E-state index in [2.05, 4.69) is 146 Å². The van der Waals surface area contributed by atoms with E-state index in [1.165, 1.54) is 50.1 Å². The molecule has 1 spiro atoms. The Morgan fingerprint density at radius 3 is 1.40 bits per heavy atom. The lowest BCUT2D eigenvalue weighted by Gasteiger charge is -2.32. The number of nitrogens with zero attached hydrogens (tertiary/aromatic N) is 3. The number of rotatable bonds is 4. The molecule has 4 aromatic heterocycles. The smallest absolute Gasteiger partial charge is 0.164 e. The maximum absolute atomic E-state index is 6.74. The monoisotopic (exact) mass is 893 g/mol. The summed E-state index contributed by atoms with van der Waals surface area (Å²) in [5.74, 6) is 1.59. The van der Waals surface area contributed by atoms with Crippen LogP contribution in [0.1, 0.15) is 22.3 Å². The lowest BCUT2D eigenvalue weighted by Crippen LogP contribution is -2.26. The van der Waals surface area contributed by atoms with Crippen LogP contribution in [0.4, 0.5) is 0 Å². The second-order valence-electron chi connectivity index (χ2n) is 18.5. The summed E-state index contributed by atoms with van der Waals surface area (Å²) in [6.45, 7) is 0. The summed E-state index contributed by atoms with van der Waals surface area (Å²) >= 11 is 0. The molecule has 0 N–H and O–H groups in total. The lowest BCUT2D eigenvalue weighted by atomic mass is 9.68. The van der Waals surface area contributed by atoms with Crippen molar-refractivity contribution in [3.63, 3.8) is 0 Å². The maximum Gasteiger partial charge on any atom is 0.164 e. The molecule has 2 aliphatic carbocycles. The molecule has 0 bridgehead atoms. The van der Waals surface area contributed by atoms with Crippen molar-refractivity contribution in [2.45, 2.75) is 5.41 Å². The number of para-hydroxylation sites is 2. The molecular formula is C64H35N3O3. The molecule has 2 aliphatic rings. The molecular weight excluding hydrogens is 859 g/mol. The Morgan fingerprint density at radius 2 is 0.714 bits per heavy atom. The van der Waals surface area contributed by atoms with Gasteiger partial charge in [-0.1, -0.05) is 164 Å². The predicted octanol–water partition coefficient (Wildman–Crippen LogP) is 16.6. The minimum atomic E-state index is -0.499. The second-order valence-corrected chi connectivity index (χ2v) is 18.5. The molecule has 0 unspecified atom stereocenters. The van der Waals surface area contributed by atoms with Gasteiger partial charge in [-0.25, -0.2) is 15.0 Å². The van der Waals surface area contributed by atoms with Gasteiger partial charge in [0.05, 0.1) is 5.41 Å². The van der Waals surface area contributed by atoms with Gasteiger partial charge in [-0.05, 0) is 104 Å². The number of fused-ring (bicyclic) bond motifs is 19. The van der Waals surface area contributed by atoms with Crippen LogP contribution in [0, 0.1) is 0 Å². The van der Waals surface area contributed by atoms with Crippen LogP contribution in [-0.2, 0) is 5.41 Å². The Balaban J connectivity index is 0.936. The van der Waals surface area contributed by atoms with Gasteiger partial charge in [0.25, 0.3) is 0 Å². The third kappa shape index (κ3) is 4.98. The van der Waals surface area contributed by atoms with Crippen molar-refractivity contribution in [3.8, 4) is 67.5 Å². The molecule has 6 heteroatoms. The summed E-state index contributed by atoms with van der Waals surface area (Å²) in [6.07, 6.45) is 0. The number of aromatic nitrogens is 3. The Labute approximate surface area is 399 Å². The van der Waals surface area contributed by atoms with E-state index < -0.39 is 5.41 Å². The predicted molar refractivity (Wildman–Crippen MR) is 280 cm³/mol. The van der Waals surface area contributed by atoms with E-state index in [9.17, 15) is 0 Å². The van der Waals surface area contributed by atoms with Crippen molar-refractivity contribution in [2.24, 2.45) is 0 Å². The number of hydrogen-bond acceptors (Lipinski definition) is 6. The highest BCUT2D eigenvalue weighted by molar-refractivity contribution is 6.14. The van der Waals surface area contributed by atoms with Gasteiger partial charge in [0.2, 0.25) is 0 Å². The van der Waals surface area contributed by atoms with Gasteiger partial charge < -0.3 is 13.3 Å². The summed E-state index contributed by atoms with van der Waals surface area (Å²) < 4.78 is 19.5. The number of furan rings is 3. The third-order valence-corrected chi connectivity index (χ3v) is 15.0. The Bertz CT molecular complexity index is 4510. The highest BCUT2D eigenvalue weighted by Gasteiger charge is 2.52. The summed E-state index contributed by atoms with van der Waals surface area (Å²) in [5.41, 5.74) is 19.3. The molecule has 0 atom stereocenters. The molecule has 0 amide bonds. The molecule has 4 heterocycles. The molecule has 16 rings (SSSR count). The van der Waals surface area contributed by atoms with Gasteiger partial charge in [-0.2, -0.15) is 0 Å². The zero-order chi connectivity index (χ0) is 45.7. The van der Waals surface area contributed by atoms with Gasteiger partial charge in [0.1, 0.15) is 33.5 Å². The van der Waals surface area contributed by atoms with Crippen LogP contribution in [0.3, 0.4) is 0 Å². The Kier molecular flexibility index (Phi) is 7.45. The molecule has 10 aromatic carbocycles. The maximum atomic E-state index is 6.74. The van der Waals surface area contributed by atoms with Crippen molar-refractivity contribution in [2.75, 3.05) is 0 Å². The molecule has 14 aromatic rings. The van der Waals surface area contributed by atoms with Gasteiger partial charge in [0.15, 0.2) is 17.5 Å². The Hall–Kier alpha value is -9.39. The normalized spacial score (nSPS) is 13.3. The first-order valence-electron chi connectivity index (χ1n) is 23.7. The van der Waals surface area contributed by atoms with Crippen molar-refractivity contribution >= 4 is 65.8 Å². The average Bonchev–Trinajstić information content (AvgIpc) is 4.24. The summed E-state index contributed by atoms with van der Waals surface area (Å²) in [5, 5.41) is 5.97. The fraction of sp³-hybridized carbons (Fsp3) is 0.0156. The van der Waals surface area contributed by atoms with Crippen molar-refractivity contribution in [1.82, 2.24) is 15.0 Å². The van der Waals surface area contributed by atoms with Crippen LogP contribution in [0.5, 0.6) is 0 Å². The second kappa shape index (κ2) is 13.8. The van der Waals surface area contributed by atoms with Gasteiger partial charge >= 0.3 is 0 Å². The molecule has 0 saturated heterocycles. The zero-order valence-electron chi connectivity index (χ0n) is 37.3. The molecule has 6 nitrogen and oxygen atoms in total. The highest BCUT2D eigenvalue weighted by atomic mass is 16.3. The quantitative estimate of drug-likeness (QED) is 0.175. The molecule has 70 heavy (non-hydrogen) atoms. The topological polar surface area (TPSA) is 78.1 Å². The van der Waals surface area contributed by atoms with Crippen molar-refractivity contribution in [3.05, 3.63) is 235 Å². The van der Waals surface area contributed by atoms with Crippen LogP contribution in [0.25, 0.3) is 133 Å². The first kappa shape index (κ1) is 37.7. The summed E-state index contributed by atoms with van der Waals surface area (Å²) in [6, 6.07) is 75.0. The van der Waals surface area contributed by atoms with Gasteiger partial charge in [-0.3, -0.25) is 0 Å². The molecule has 0 fully saturated rings. The first-order valence-corrected chi connectivity index (χ1v) is 23.7. The van der Waals surface area contributed by atoms with E-state index in [1.54, 1.807) is 0 Å². The number of hydrogen-bond donors (Lipinski definition) is 0. The Morgan fingerprint density at radius 1 is 0.271 bits per heavy atom. The SMILES string of the molecule is c1ccc2c(c1)-c1ccccc1C21c2ccccc2-c2cccc(-c3ccc4oc5cccc(-c6nc(-c7ccc8c(c7)oc7ccccc78)nc(-c7cccc8oc9ccccc9c78)n6)c5c4c3)c21. The van der Waals surface area contributed by atoms with Crippen LogP contribution in [0.15, 0.2) is 226 Å². The zero-order valence-corrected chi connectivity index (χ0v) is 37.3. The fourth-order valence-electron chi connectivity index (χ4n) is 12.1. The highest BCUT2D eigenvalue weighted by Crippen LogP contribution is 2.64. The summed E-state index contributed by atoms with van der Waals surface area (Å²) in [7, 11) is 0. The lowest BCUT2D eigenvalue weighted by molar-refractivity contribution is 0.668. The third-order valence-electron chi connectivity index (χ3n) is 15.0. The first-order chi connectivity index (χ1) is 34.7. The average molecular weight is 894 g/mol. The van der Waals surface area contributed by atoms with Crippen LogP contribution in [0.2, 0.25) is 0 Å². The van der Waals surface area contributed by atoms with Gasteiger partial charge in [0, 0.05) is 49.0 Å². The molecule has 0 radical (unpaired) electrons. The van der Waals surface area contributed by atoms with Crippen molar-refractivity contribution in [1.29, 1.82) is 0 Å². The van der Waals surface area contributed by atoms with E-state index >= 15 is 0 Å². The van der Waals surface area contributed by atoms with E-state index in [0.29, 0.717) is 17.5 Å².